The second-order valence-electron chi connectivity index (χ2n) is 7.61. The Hall–Kier alpha value is -2.49. The first kappa shape index (κ1) is 20.8. The average molecular weight is 370 g/mol. The second-order valence-corrected chi connectivity index (χ2v) is 7.61. The monoisotopic (exact) mass is 369 g/mol. The van der Waals surface area contributed by atoms with Gasteiger partial charge in [-0.25, -0.2) is 4.79 Å². The zero-order valence-electron chi connectivity index (χ0n) is 16.7. The van der Waals surface area contributed by atoms with Crippen molar-refractivity contribution in [1.29, 1.82) is 0 Å². The molecule has 0 fully saturated rings. The number of amides is 1. The van der Waals surface area contributed by atoms with Crippen LogP contribution in [-0.4, -0.2) is 24.8 Å². The van der Waals surface area contributed by atoms with Crippen LogP contribution in [0.1, 0.15) is 44.7 Å². The van der Waals surface area contributed by atoms with E-state index in [-0.39, 0.29) is 6.09 Å². The first-order valence-electron chi connectivity index (χ1n) is 9.65. The van der Waals surface area contributed by atoms with Crippen LogP contribution >= 0.6 is 0 Å². The van der Waals surface area contributed by atoms with Crippen LogP contribution in [0, 0.1) is 0 Å². The molecule has 0 unspecified atom stereocenters. The van der Waals surface area contributed by atoms with Crippen molar-refractivity contribution < 1.29 is 14.3 Å². The van der Waals surface area contributed by atoms with E-state index in [0.29, 0.717) is 6.54 Å². The Kier molecular flexibility index (Phi) is 8.18. The molecule has 0 spiro atoms. The molecule has 0 aliphatic heterocycles. The van der Waals surface area contributed by atoms with E-state index >= 15 is 0 Å². The summed E-state index contributed by atoms with van der Waals surface area (Å²) in [7, 11) is 0. The summed E-state index contributed by atoms with van der Waals surface area (Å²) in [5, 5.41) is 2.77. The van der Waals surface area contributed by atoms with Crippen molar-refractivity contribution in [2.45, 2.75) is 52.1 Å². The van der Waals surface area contributed by atoms with Crippen LogP contribution in [0.2, 0.25) is 0 Å². The summed E-state index contributed by atoms with van der Waals surface area (Å²) in [6.07, 6.45) is 3.64. The maximum absolute atomic E-state index is 11.6. The topological polar surface area (TPSA) is 47.6 Å². The Bertz CT molecular complexity index is 675. The van der Waals surface area contributed by atoms with E-state index in [4.69, 9.17) is 9.47 Å². The molecule has 0 aromatic heterocycles. The Morgan fingerprint density at radius 3 is 2.22 bits per heavy atom. The number of hydrogen-bond acceptors (Lipinski definition) is 3. The van der Waals surface area contributed by atoms with Crippen LogP contribution in [0.3, 0.4) is 0 Å². The molecule has 2 rings (SSSR count). The van der Waals surface area contributed by atoms with Gasteiger partial charge in [-0.3, -0.25) is 0 Å². The predicted octanol–water partition coefficient (Wildman–Crippen LogP) is 5.16. The predicted molar refractivity (Wildman–Crippen MR) is 109 cm³/mol. The lowest BCUT2D eigenvalue weighted by Crippen LogP contribution is -2.33. The Morgan fingerprint density at radius 2 is 1.56 bits per heavy atom. The van der Waals surface area contributed by atoms with Crippen LogP contribution in [0.25, 0.3) is 0 Å². The highest BCUT2D eigenvalue weighted by Crippen LogP contribution is 2.14. The molecule has 0 aliphatic rings. The van der Waals surface area contributed by atoms with Gasteiger partial charge in [0.05, 0.1) is 6.61 Å². The molecule has 0 saturated heterocycles. The maximum atomic E-state index is 11.6. The highest BCUT2D eigenvalue weighted by atomic mass is 16.6. The minimum atomic E-state index is -0.468. The number of carbonyl (C=O) groups is 1. The molecule has 2 aromatic rings. The van der Waals surface area contributed by atoms with Crippen molar-refractivity contribution in [1.82, 2.24) is 5.32 Å². The Labute approximate surface area is 162 Å². The van der Waals surface area contributed by atoms with Crippen molar-refractivity contribution in [2.75, 3.05) is 13.2 Å². The van der Waals surface area contributed by atoms with Crippen molar-refractivity contribution in [3.8, 4) is 5.75 Å². The molecular formula is C23H31NO3. The number of ether oxygens (including phenoxy) is 2. The fraction of sp³-hybridized carbons (Fsp3) is 0.435. The summed E-state index contributed by atoms with van der Waals surface area (Å²) in [6.45, 7) is 6.84. The van der Waals surface area contributed by atoms with Gasteiger partial charge >= 0.3 is 6.09 Å². The van der Waals surface area contributed by atoms with Crippen molar-refractivity contribution in [2.24, 2.45) is 0 Å². The van der Waals surface area contributed by atoms with Gasteiger partial charge in [-0.1, -0.05) is 42.5 Å². The third-order valence-corrected chi connectivity index (χ3v) is 3.98. The van der Waals surface area contributed by atoms with Gasteiger partial charge in [-0.05, 0) is 69.7 Å². The molecule has 0 heterocycles. The summed E-state index contributed by atoms with van der Waals surface area (Å²) in [6, 6.07) is 18.6. The molecule has 1 amide bonds. The largest absolute Gasteiger partial charge is 0.494 e. The molecule has 0 aliphatic carbocycles. The number of unbranched alkanes of at least 4 members (excludes halogenated alkanes) is 1. The van der Waals surface area contributed by atoms with Crippen LogP contribution in [0.4, 0.5) is 4.79 Å². The Balaban J connectivity index is 1.60. The van der Waals surface area contributed by atoms with Gasteiger partial charge in [0.1, 0.15) is 11.4 Å². The number of rotatable bonds is 9. The van der Waals surface area contributed by atoms with E-state index in [0.717, 1.165) is 43.6 Å². The van der Waals surface area contributed by atoms with Crippen molar-refractivity contribution in [3.63, 3.8) is 0 Å². The molecule has 27 heavy (non-hydrogen) atoms. The molecule has 2 aromatic carbocycles. The molecule has 0 atom stereocenters. The molecule has 4 heteroatoms. The van der Waals surface area contributed by atoms with E-state index in [9.17, 15) is 4.79 Å². The van der Waals surface area contributed by atoms with Gasteiger partial charge in [-0.15, -0.1) is 0 Å². The van der Waals surface area contributed by atoms with Gasteiger partial charge < -0.3 is 14.8 Å². The van der Waals surface area contributed by atoms with Gasteiger partial charge in [0.2, 0.25) is 0 Å². The van der Waals surface area contributed by atoms with Gasteiger partial charge in [0.25, 0.3) is 0 Å². The third-order valence-electron chi connectivity index (χ3n) is 3.98. The minimum absolute atomic E-state index is 0.377. The van der Waals surface area contributed by atoms with E-state index in [2.05, 4.69) is 29.6 Å². The standard InChI is InChI=1S/C23H31NO3/c1-23(2,3)27-22(25)24-17-16-20-12-14-21(15-13-20)26-18-8-7-11-19-9-5-4-6-10-19/h4-6,9-10,12-15H,7-8,11,16-18H2,1-3H3,(H,24,25). The molecule has 0 radical (unpaired) electrons. The lowest BCUT2D eigenvalue weighted by atomic mass is 10.1. The number of aryl methyl sites for hydroxylation is 1. The second kappa shape index (κ2) is 10.6. The van der Waals surface area contributed by atoms with Crippen LogP contribution in [0.5, 0.6) is 5.75 Å². The summed E-state index contributed by atoms with van der Waals surface area (Å²) in [4.78, 5) is 11.6. The van der Waals surface area contributed by atoms with Crippen molar-refractivity contribution in [3.05, 3.63) is 65.7 Å². The van der Waals surface area contributed by atoms with E-state index in [1.807, 2.05) is 51.1 Å². The first-order chi connectivity index (χ1) is 12.9. The van der Waals surface area contributed by atoms with Crippen molar-refractivity contribution >= 4 is 6.09 Å². The average Bonchev–Trinajstić information content (AvgIpc) is 2.62. The molecular weight excluding hydrogens is 338 g/mol. The molecule has 1 N–H and O–H groups in total. The number of benzene rings is 2. The van der Waals surface area contributed by atoms with E-state index < -0.39 is 5.60 Å². The zero-order valence-corrected chi connectivity index (χ0v) is 16.7. The smallest absolute Gasteiger partial charge is 0.407 e. The number of carbonyl (C=O) groups excluding carboxylic acids is 1. The van der Waals surface area contributed by atoms with Crippen LogP contribution in [0.15, 0.2) is 54.6 Å². The van der Waals surface area contributed by atoms with E-state index in [1.54, 1.807) is 0 Å². The highest BCUT2D eigenvalue weighted by molar-refractivity contribution is 5.67. The van der Waals surface area contributed by atoms with Gasteiger partial charge in [0.15, 0.2) is 0 Å². The number of nitrogens with one attached hydrogen (secondary N) is 1. The van der Waals surface area contributed by atoms with Crippen LogP contribution < -0.4 is 10.1 Å². The quantitative estimate of drug-likeness (QED) is 0.621. The summed E-state index contributed by atoms with van der Waals surface area (Å²) in [5.74, 6) is 0.888. The summed E-state index contributed by atoms with van der Waals surface area (Å²) < 4.78 is 11.0. The van der Waals surface area contributed by atoms with Crippen LogP contribution in [-0.2, 0) is 17.6 Å². The lowest BCUT2D eigenvalue weighted by molar-refractivity contribution is 0.0528. The number of alkyl carbamates (subject to hydrolysis) is 1. The molecule has 146 valence electrons. The van der Waals surface area contributed by atoms with Gasteiger partial charge in [0, 0.05) is 6.54 Å². The molecule has 0 saturated carbocycles. The summed E-state index contributed by atoms with van der Waals surface area (Å²) in [5.41, 5.74) is 2.06. The van der Waals surface area contributed by atoms with Gasteiger partial charge in [-0.2, -0.15) is 0 Å². The number of hydrogen-bond donors (Lipinski definition) is 1. The van der Waals surface area contributed by atoms with E-state index in [1.165, 1.54) is 5.56 Å². The normalized spacial score (nSPS) is 11.1. The molecule has 4 nitrogen and oxygen atoms in total. The minimum Gasteiger partial charge on any atom is -0.494 e. The Morgan fingerprint density at radius 1 is 0.889 bits per heavy atom. The first-order valence-corrected chi connectivity index (χ1v) is 9.65. The summed E-state index contributed by atoms with van der Waals surface area (Å²) >= 11 is 0. The fourth-order valence-electron chi connectivity index (χ4n) is 2.64. The fourth-order valence-corrected chi connectivity index (χ4v) is 2.64. The highest BCUT2D eigenvalue weighted by Gasteiger charge is 2.15. The zero-order chi connectivity index (χ0) is 19.5. The molecule has 0 bridgehead atoms. The SMILES string of the molecule is CC(C)(C)OC(=O)NCCc1ccc(OCCCCc2ccccc2)cc1. The third kappa shape index (κ3) is 9.13. The maximum Gasteiger partial charge on any atom is 0.407 e. The lowest BCUT2D eigenvalue weighted by Gasteiger charge is -2.19.